The molecule has 7 heteroatoms. The molecule has 1 aromatic carbocycles. The molecule has 0 spiro atoms. The van der Waals surface area contributed by atoms with Gasteiger partial charge < -0.3 is 5.32 Å². The molecule has 0 saturated carbocycles. The molecule has 1 fully saturated rings. The zero-order valence-electron chi connectivity index (χ0n) is 11.7. The maximum Gasteiger partial charge on any atom is 0.416 e. The second-order valence-corrected chi connectivity index (χ2v) is 5.73. The Morgan fingerprint density at radius 2 is 2.05 bits per heavy atom. The van der Waals surface area contributed by atoms with Crippen LogP contribution in [0.1, 0.15) is 17.5 Å². The van der Waals surface area contributed by atoms with Crippen LogP contribution in [0.4, 0.5) is 13.2 Å². The largest absolute Gasteiger partial charge is 0.416 e. The second kappa shape index (κ2) is 7.68. The summed E-state index contributed by atoms with van der Waals surface area (Å²) in [6.07, 6.45) is -3.27. The minimum Gasteiger partial charge on any atom is -0.319 e. The number of nitrogens with zero attached hydrogens (tertiary/aromatic N) is 1. The molecule has 1 aliphatic heterocycles. The molecule has 1 saturated heterocycles. The van der Waals surface area contributed by atoms with Gasteiger partial charge in [0.15, 0.2) is 0 Å². The van der Waals surface area contributed by atoms with Gasteiger partial charge in [0.1, 0.15) is 0 Å². The van der Waals surface area contributed by atoms with Gasteiger partial charge in [-0.15, -0.1) is 12.4 Å². The van der Waals surface area contributed by atoms with Crippen LogP contribution in [0.15, 0.2) is 18.2 Å². The van der Waals surface area contributed by atoms with E-state index in [4.69, 9.17) is 11.6 Å². The average Bonchev–Trinajstić information content (AvgIpc) is 2.75. The predicted molar refractivity (Wildman–Crippen MR) is 81.0 cm³/mol. The van der Waals surface area contributed by atoms with E-state index < -0.39 is 11.7 Å². The van der Waals surface area contributed by atoms with Crippen LogP contribution >= 0.6 is 24.0 Å². The maximum atomic E-state index is 12.7. The van der Waals surface area contributed by atoms with Crippen molar-refractivity contribution in [3.63, 3.8) is 0 Å². The number of alkyl halides is 3. The summed E-state index contributed by atoms with van der Waals surface area (Å²) in [4.78, 5) is 2.17. The van der Waals surface area contributed by atoms with Crippen molar-refractivity contribution in [2.24, 2.45) is 5.92 Å². The highest BCUT2D eigenvalue weighted by molar-refractivity contribution is 6.30. The highest BCUT2D eigenvalue weighted by atomic mass is 35.5. The first-order chi connectivity index (χ1) is 9.38. The zero-order valence-corrected chi connectivity index (χ0v) is 13.3. The molecule has 1 aliphatic rings. The van der Waals surface area contributed by atoms with Crippen molar-refractivity contribution in [2.45, 2.75) is 19.1 Å². The third-order valence-electron chi connectivity index (χ3n) is 3.55. The van der Waals surface area contributed by atoms with E-state index in [1.165, 1.54) is 6.07 Å². The van der Waals surface area contributed by atoms with Crippen molar-refractivity contribution in [1.82, 2.24) is 10.2 Å². The highest BCUT2D eigenvalue weighted by Gasteiger charge is 2.31. The standard InChI is InChI=1S/C14H18ClF3N2.ClH/c1-19-7-10-2-3-20(8-10)9-11-4-12(14(16,17)18)6-13(15)5-11;/h4-6,10,19H,2-3,7-9H2,1H3;1H. The Morgan fingerprint density at radius 1 is 1.33 bits per heavy atom. The number of hydrogen-bond donors (Lipinski definition) is 1. The number of likely N-dealkylation sites (tertiary alicyclic amines) is 1. The number of rotatable bonds is 4. The molecule has 2 nitrogen and oxygen atoms in total. The van der Waals surface area contributed by atoms with Crippen molar-refractivity contribution >= 4 is 24.0 Å². The average molecular weight is 343 g/mol. The van der Waals surface area contributed by atoms with Crippen LogP contribution in [-0.4, -0.2) is 31.6 Å². The van der Waals surface area contributed by atoms with Crippen LogP contribution in [0.5, 0.6) is 0 Å². The number of halogens is 5. The van der Waals surface area contributed by atoms with Gasteiger partial charge in [0.2, 0.25) is 0 Å². The van der Waals surface area contributed by atoms with Crippen LogP contribution in [0.25, 0.3) is 0 Å². The fourth-order valence-corrected chi connectivity index (χ4v) is 2.93. The zero-order chi connectivity index (χ0) is 14.8. The van der Waals surface area contributed by atoms with E-state index in [1.807, 2.05) is 7.05 Å². The molecule has 1 atom stereocenters. The molecule has 1 heterocycles. The Hall–Kier alpha value is -0.490. The Morgan fingerprint density at radius 3 is 2.67 bits per heavy atom. The maximum absolute atomic E-state index is 12.7. The van der Waals surface area contributed by atoms with Crippen molar-refractivity contribution < 1.29 is 13.2 Å². The Labute approximate surface area is 134 Å². The Bertz CT molecular complexity index is 466. The minimum atomic E-state index is -4.35. The van der Waals surface area contributed by atoms with E-state index in [9.17, 15) is 13.2 Å². The summed E-state index contributed by atoms with van der Waals surface area (Å²) in [5.41, 5.74) is -0.0547. The Kier molecular flexibility index (Phi) is 6.78. The lowest BCUT2D eigenvalue weighted by Crippen LogP contribution is -2.24. The summed E-state index contributed by atoms with van der Waals surface area (Å²) in [6.45, 7) is 3.29. The monoisotopic (exact) mass is 342 g/mol. The summed E-state index contributed by atoms with van der Waals surface area (Å²) in [5.74, 6) is 0.571. The smallest absolute Gasteiger partial charge is 0.319 e. The van der Waals surface area contributed by atoms with Gasteiger partial charge in [0.05, 0.1) is 5.56 Å². The summed E-state index contributed by atoms with van der Waals surface area (Å²) >= 11 is 5.79. The molecule has 1 N–H and O–H groups in total. The molecule has 1 aromatic rings. The van der Waals surface area contributed by atoms with Crippen LogP contribution in [0.2, 0.25) is 5.02 Å². The van der Waals surface area contributed by atoms with Crippen molar-refractivity contribution in [2.75, 3.05) is 26.7 Å². The van der Waals surface area contributed by atoms with E-state index in [1.54, 1.807) is 6.07 Å². The van der Waals surface area contributed by atoms with Gasteiger partial charge in [-0.1, -0.05) is 11.6 Å². The number of hydrogen-bond acceptors (Lipinski definition) is 2. The van der Waals surface area contributed by atoms with E-state index in [-0.39, 0.29) is 17.4 Å². The van der Waals surface area contributed by atoms with Crippen molar-refractivity contribution in [1.29, 1.82) is 0 Å². The molecule has 120 valence electrons. The van der Waals surface area contributed by atoms with Crippen LogP contribution < -0.4 is 5.32 Å². The van der Waals surface area contributed by atoms with Gasteiger partial charge in [0.25, 0.3) is 0 Å². The molecule has 0 radical (unpaired) electrons. The van der Waals surface area contributed by atoms with Gasteiger partial charge >= 0.3 is 6.18 Å². The summed E-state index contributed by atoms with van der Waals surface area (Å²) < 4.78 is 38.2. The normalized spacial score (nSPS) is 19.6. The first-order valence-electron chi connectivity index (χ1n) is 6.62. The van der Waals surface area contributed by atoms with Gasteiger partial charge in [-0.3, -0.25) is 4.90 Å². The van der Waals surface area contributed by atoms with Crippen molar-refractivity contribution in [3.8, 4) is 0 Å². The lowest BCUT2D eigenvalue weighted by Gasteiger charge is -2.17. The van der Waals surface area contributed by atoms with Gasteiger partial charge in [-0.05, 0) is 56.2 Å². The molecular weight excluding hydrogens is 324 g/mol. The van der Waals surface area contributed by atoms with E-state index in [0.717, 1.165) is 32.1 Å². The van der Waals surface area contributed by atoms with E-state index in [0.29, 0.717) is 18.0 Å². The van der Waals surface area contributed by atoms with Crippen LogP contribution in [-0.2, 0) is 12.7 Å². The van der Waals surface area contributed by atoms with Crippen LogP contribution in [0.3, 0.4) is 0 Å². The van der Waals surface area contributed by atoms with Crippen molar-refractivity contribution in [3.05, 3.63) is 34.3 Å². The summed E-state index contributed by atoms with van der Waals surface area (Å²) in [7, 11) is 1.91. The molecule has 0 aromatic heterocycles. The van der Waals surface area contributed by atoms with Crippen LogP contribution in [0, 0.1) is 5.92 Å². The SMILES string of the molecule is CNCC1CCN(Cc2cc(Cl)cc(C(F)(F)F)c2)C1.Cl. The molecule has 0 amide bonds. The molecular formula is C14H19Cl2F3N2. The molecule has 0 aliphatic carbocycles. The quantitative estimate of drug-likeness (QED) is 0.894. The van der Waals surface area contributed by atoms with Gasteiger partial charge in [-0.25, -0.2) is 0 Å². The lowest BCUT2D eigenvalue weighted by molar-refractivity contribution is -0.137. The first-order valence-corrected chi connectivity index (χ1v) is 7.00. The molecule has 21 heavy (non-hydrogen) atoms. The topological polar surface area (TPSA) is 15.3 Å². The number of nitrogens with one attached hydrogen (secondary N) is 1. The molecule has 2 rings (SSSR count). The fourth-order valence-electron chi connectivity index (χ4n) is 2.68. The number of benzene rings is 1. The Balaban J connectivity index is 0.00000220. The van der Waals surface area contributed by atoms with Gasteiger partial charge in [-0.2, -0.15) is 13.2 Å². The summed E-state index contributed by atoms with van der Waals surface area (Å²) in [6, 6.07) is 3.78. The summed E-state index contributed by atoms with van der Waals surface area (Å²) in [5, 5.41) is 3.28. The molecule has 0 bridgehead atoms. The minimum absolute atomic E-state index is 0. The fraction of sp³-hybridized carbons (Fsp3) is 0.571. The molecule has 1 unspecified atom stereocenters. The van der Waals surface area contributed by atoms with E-state index in [2.05, 4.69) is 10.2 Å². The lowest BCUT2D eigenvalue weighted by atomic mass is 10.1. The predicted octanol–water partition coefficient (Wildman–Crippen LogP) is 3.82. The van der Waals surface area contributed by atoms with Gasteiger partial charge in [0, 0.05) is 18.1 Å². The second-order valence-electron chi connectivity index (χ2n) is 5.29. The van der Waals surface area contributed by atoms with E-state index >= 15 is 0 Å². The third kappa shape index (κ3) is 5.33. The third-order valence-corrected chi connectivity index (χ3v) is 3.77. The highest BCUT2D eigenvalue weighted by Crippen LogP contribution is 2.32. The first kappa shape index (κ1) is 18.6.